The number of esters is 1. The van der Waals surface area contributed by atoms with E-state index in [0.29, 0.717) is 30.3 Å². The van der Waals surface area contributed by atoms with Crippen LogP contribution in [-0.4, -0.2) is 69.6 Å². The zero-order valence-electron chi connectivity index (χ0n) is 19.6. The maximum Gasteiger partial charge on any atom is 0.311 e. The lowest BCUT2D eigenvalue weighted by Gasteiger charge is -2.37. The summed E-state index contributed by atoms with van der Waals surface area (Å²) in [6.07, 6.45) is 9.81. The highest BCUT2D eigenvalue weighted by Gasteiger charge is 2.73. The van der Waals surface area contributed by atoms with Gasteiger partial charge in [-0.1, -0.05) is 48.0 Å². The molecule has 5 atom stereocenters. The van der Waals surface area contributed by atoms with Crippen LogP contribution in [0.2, 0.25) is 5.02 Å². The Balaban J connectivity index is 1.65. The Kier molecular flexibility index (Phi) is 6.48. The highest BCUT2D eigenvalue weighted by molar-refractivity contribution is 8.02. The fourth-order valence-electron chi connectivity index (χ4n) is 6.00. The van der Waals surface area contributed by atoms with Crippen LogP contribution in [-0.2, 0) is 19.1 Å². The molecule has 9 heteroatoms. The number of aliphatic hydroxyl groups is 1. The summed E-state index contributed by atoms with van der Waals surface area (Å²) in [5.41, 5.74) is 0.579. The summed E-state index contributed by atoms with van der Waals surface area (Å²) in [4.78, 5) is 44.8. The number of ether oxygens (including phenoxy) is 1. The summed E-state index contributed by atoms with van der Waals surface area (Å²) in [5, 5.41) is 9.96. The molecule has 1 N–H and O–H groups in total. The number of anilines is 1. The third kappa shape index (κ3) is 3.81. The van der Waals surface area contributed by atoms with E-state index in [9.17, 15) is 19.5 Å². The molecule has 0 saturated carbocycles. The minimum atomic E-state index is -0.943. The number of hydrogen-bond acceptors (Lipinski definition) is 6. The zero-order chi connectivity index (χ0) is 24.8. The van der Waals surface area contributed by atoms with E-state index in [1.54, 1.807) is 28.0 Å². The molecule has 1 aromatic carbocycles. The number of nitrogens with zero attached hydrogens (tertiary/aromatic N) is 2. The van der Waals surface area contributed by atoms with Crippen LogP contribution in [0.3, 0.4) is 0 Å². The first kappa shape index (κ1) is 24.4. The van der Waals surface area contributed by atoms with E-state index >= 15 is 0 Å². The molecular formula is C26H29ClN2O5S. The van der Waals surface area contributed by atoms with Crippen molar-refractivity contribution < 1.29 is 24.2 Å². The Labute approximate surface area is 214 Å². The molecule has 0 radical (unpaired) electrons. The van der Waals surface area contributed by atoms with Crippen molar-refractivity contribution in [1.29, 1.82) is 0 Å². The standard InChI is InChI=1S/C26H29ClN2O5S/c1-25-11-5-2-6-16-34-24(33)20(25)19-22(31)29(14-8-15-30)21-23(32)28(13-7-12-26(19,21)35-25)18-10-4-3-9-17(18)27/h3-5,7,9-12,19-21,30H,2,6,8,13-16H2,1H3/b11-5-/t19-,20+,21?,25-,26-/m0/s1. The molecule has 5 rings (SSSR count). The van der Waals surface area contributed by atoms with E-state index in [2.05, 4.69) is 6.08 Å². The lowest BCUT2D eigenvalue weighted by molar-refractivity contribution is -0.154. The number of carbonyl (C=O) groups is 3. The highest BCUT2D eigenvalue weighted by Crippen LogP contribution is 2.65. The van der Waals surface area contributed by atoms with Gasteiger partial charge < -0.3 is 19.6 Å². The Morgan fingerprint density at radius 2 is 1.94 bits per heavy atom. The number of para-hydroxylation sites is 1. The largest absolute Gasteiger partial charge is 0.465 e. The van der Waals surface area contributed by atoms with Crippen LogP contribution in [0, 0.1) is 11.8 Å². The molecule has 2 amide bonds. The normalized spacial score (nSPS) is 35.4. The zero-order valence-corrected chi connectivity index (χ0v) is 21.1. The SMILES string of the molecule is C[C@]12/C=C\CCCOC(=O)[C@H]1[C@H]1C(=O)N(CCCO)C3C(=O)N(c4ccccc4Cl)CC=C[C@@]31S2. The molecule has 1 aromatic rings. The van der Waals surface area contributed by atoms with Gasteiger partial charge in [-0.3, -0.25) is 14.4 Å². The summed E-state index contributed by atoms with van der Waals surface area (Å²) in [5.74, 6) is -2.34. The van der Waals surface area contributed by atoms with Crippen LogP contribution in [0.25, 0.3) is 0 Å². The van der Waals surface area contributed by atoms with Gasteiger partial charge in [-0.05, 0) is 38.3 Å². The van der Waals surface area contributed by atoms with E-state index in [1.165, 1.54) is 11.8 Å². The van der Waals surface area contributed by atoms with Gasteiger partial charge in [-0.25, -0.2) is 0 Å². The number of fused-ring (bicyclic) bond motifs is 2. The fourth-order valence-corrected chi connectivity index (χ4v) is 8.39. The van der Waals surface area contributed by atoms with Gasteiger partial charge in [0.2, 0.25) is 5.91 Å². The van der Waals surface area contributed by atoms with Crippen molar-refractivity contribution in [2.24, 2.45) is 11.8 Å². The number of halogens is 1. The van der Waals surface area contributed by atoms with Gasteiger partial charge in [0, 0.05) is 24.4 Å². The van der Waals surface area contributed by atoms with E-state index in [4.69, 9.17) is 16.3 Å². The van der Waals surface area contributed by atoms with Crippen LogP contribution in [0.15, 0.2) is 48.6 Å². The molecule has 4 heterocycles. The number of allylic oxidation sites excluding steroid dienone is 1. The third-order valence-corrected chi connectivity index (χ3v) is 9.57. The first-order chi connectivity index (χ1) is 16.8. The summed E-state index contributed by atoms with van der Waals surface area (Å²) in [6, 6.07) is 6.32. The van der Waals surface area contributed by atoms with Gasteiger partial charge in [0.25, 0.3) is 5.91 Å². The monoisotopic (exact) mass is 516 g/mol. The average molecular weight is 517 g/mol. The second-order valence-corrected chi connectivity index (χ2v) is 11.8. The number of benzene rings is 1. The summed E-state index contributed by atoms with van der Waals surface area (Å²) in [7, 11) is 0. The molecule has 4 aliphatic rings. The minimum absolute atomic E-state index is 0.106. The number of thioether (sulfide) groups is 1. The van der Waals surface area contributed by atoms with Crippen LogP contribution in [0.4, 0.5) is 5.69 Å². The Bertz CT molecular complexity index is 1110. The number of cyclic esters (lactones) is 1. The maximum atomic E-state index is 14.2. The van der Waals surface area contributed by atoms with Crippen molar-refractivity contribution >= 4 is 46.8 Å². The average Bonchev–Trinajstić information content (AvgIpc) is 3.17. The van der Waals surface area contributed by atoms with Crippen LogP contribution in [0.5, 0.6) is 0 Å². The molecule has 35 heavy (non-hydrogen) atoms. The van der Waals surface area contributed by atoms with Gasteiger partial charge in [0.15, 0.2) is 0 Å². The summed E-state index contributed by atoms with van der Waals surface area (Å²) in [6.45, 7) is 2.70. The lowest BCUT2D eigenvalue weighted by Crippen LogP contribution is -2.53. The Morgan fingerprint density at radius 3 is 2.71 bits per heavy atom. The molecule has 1 spiro atoms. The van der Waals surface area contributed by atoms with Crippen molar-refractivity contribution in [2.75, 3.05) is 31.2 Å². The van der Waals surface area contributed by atoms with Crippen molar-refractivity contribution in [2.45, 2.75) is 41.7 Å². The molecule has 0 aliphatic carbocycles. The molecule has 0 bridgehead atoms. The molecule has 4 aliphatic heterocycles. The number of carbonyl (C=O) groups excluding carboxylic acids is 3. The summed E-state index contributed by atoms with van der Waals surface area (Å²) < 4.78 is 3.97. The van der Waals surface area contributed by atoms with Crippen molar-refractivity contribution in [3.63, 3.8) is 0 Å². The van der Waals surface area contributed by atoms with E-state index in [0.717, 1.165) is 12.8 Å². The topological polar surface area (TPSA) is 87.1 Å². The molecule has 7 nitrogen and oxygen atoms in total. The molecule has 2 fully saturated rings. The predicted octanol–water partition coefficient (Wildman–Crippen LogP) is 3.21. The molecule has 186 valence electrons. The fraction of sp³-hybridized carbons (Fsp3) is 0.500. The summed E-state index contributed by atoms with van der Waals surface area (Å²) >= 11 is 7.98. The van der Waals surface area contributed by atoms with E-state index < -0.39 is 33.3 Å². The minimum Gasteiger partial charge on any atom is -0.465 e. The highest BCUT2D eigenvalue weighted by atomic mass is 35.5. The van der Waals surface area contributed by atoms with E-state index in [1.807, 2.05) is 31.2 Å². The smallest absolute Gasteiger partial charge is 0.311 e. The van der Waals surface area contributed by atoms with Crippen molar-refractivity contribution in [3.8, 4) is 0 Å². The maximum absolute atomic E-state index is 14.2. The second-order valence-electron chi connectivity index (χ2n) is 9.62. The molecule has 1 unspecified atom stereocenters. The number of amides is 2. The number of hydrogen-bond donors (Lipinski definition) is 1. The molecule has 2 saturated heterocycles. The van der Waals surface area contributed by atoms with E-state index in [-0.39, 0.29) is 25.0 Å². The van der Waals surface area contributed by atoms with Crippen molar-refractivity contribution in [1.82, 2.24) is 4.90 Å². The van der Waals surface area contributed by atoms with Gasteiger partial charge in [0.05, 0.1) is 33.9 Å². The van der Waals surface area contributed by atoms with Crippen LogP contribution < -0.4 is 4.90 Å². The first-order valence-corrected chi connectivity index (χ1v) is 13.2. The Hall–Kier alpha value is -2.29. The molecular weight excluding hydrogens is 488 g/mol. The van der Waals surface area contributed by atoms with Gasteiger partial charge in [-0.2, -0.15) is 0 Å². The van der Waals surface area contributed by atoms with Crippen LogP contribution in [0.1, 0.15) is 26.2 Å². The third-order valence-electron chi connectivity index (χ3n) is 7.45. The van der Waals surface area contributed by atoms with Gasteiger partial charge in [0.1, 0.15) is 6.04 Å². The van der Waals surface area contributed by atoms with Crippen LogP contribution >= 0.6 is 23.4 Å². The van der Waals surface area contributed by atoms with Crippen molar-refractivity contribution in [3.05, 3.63) is 53.6 Å². The molecule has 0 aromatic heterocycles. The van der Waals surface area contributed by atoms with Gasteiger partial charge >= 0.3 is 5.97 Å². The number of likely N-dealkylation sites (tertiary alicyclic amines) is 1. The number of aliphatic hydroxyl groups excluding tert-OH is 1. The van der Waals surface area contributed by atoms with Gasteiger partial charge in [-0.15, -0.1) is 11.8 Å². The predicted molar refractivity (Wildman–Crippen MR) is 135 cm³/mol. The quantitative estimate of drug-likeness (QED) is 0.488. The second kappa shape index (κ2) is 9.30. The first-order valence-electron chi connectivity index (χ1n) is 12.0. The number of rotatable bonds is 4. The Morgan fingerprint density at radius 1 is 1.14 bits per heavy atom. The lowest BCUT2D eigenvalue weighted by atomic mass is 9.74.